The molecule has 0 saturated carbocycles. The molecule has 25 heavy (non-hydrogen) atoms. The number of morpholine rings is 1. The number of halogens is 1. The van der Waals surface area contributed by atoms with Crippen molar-refractivity contribution in [1.29, 1.82) is 0 Å². The summed E-state index contributed by atoms with van der Waals surface area (Å²) in [5, 5.41) is 5.81. The zero-order chi connectivity index (χ0) is 17.9. The maximum absolute atomic E-state index is 11.9. The normalized spacial score (nSPS) is 15.8. The van der Waals surface area contributed by atoms with Gasteiger partial charge in [-0.2, -0.15) is 0 Å². The second kappa shape index (κ2) is 11.1. The van der Waals surface area contributed by atoms with E-state index < -0.39 is 0 Å². The first kappa shape index (κ1) is 19.7. The number of nitrogens with one attached hydrogen (secondary N) is 2. The SMILES string of the molecule is NC(=NCCCN1CCOCC1)NCCC(=O)Nc1ccc(Br)cc1. The van der Waals surface area contributed by atoms with E-state index in [9.17, 15) is 4.79 Å². The van der Waals surface area contributed by atoms with Crippen molar-refractivity contribution in [3.63, 3.8) is 0 Å². The predicted molar refractivity (Wildman–Crippen MR) is 104 cm³/mol. The van der Waals surface area contributed by atoms with Crippen molar-refractivity contribution < 1.29 is 9.53 Å². The Morgan fingerprint density at radius 3 is 2.72 bits per heavy atom. The number of ether oxygens (including phenoxy) is 1. The predicted octanol–water partition coefficient (Wildman–Crippen LogP) is 1.40. The van der Waals surface area contributed by atoms with Crippen molar-refractivity contribution in [1.82, 2.24) is 10.2 Å². The zero-order valence-corrected chi connectivity index (χ0v) is 15.9. The fourth-order valence-corrected chi connectivity index (χ4v) is 2.70. The Hall–Kier alpha value is -1.64. The highest BCUT2D eigenvalue weighted by atomic mass is 79.9. The third-order valence-electron chi connectivity index (χ3n) is 3.80. The molecule has 138 valence electrons. The van der Waals surface area contributed by atoms with E-state index in [1.165, 1.54) is 0 Å². The molecule has 1 amide bonds. The molecule has 7 nitrogen and oxygen atoms in total. The van der Waals surface area contributed by atoms with E-state index in [4.69, 9.17) is 10.5 Å². The van der Waals surface area contributed by atoms with Crippen LogP contribution in [-0.2, 0) is 9.53 Å². The molecule has 0 bridgehead atoms. The number of anilines is 1. The average molecular weight is 412 g/mol. The summed E-state index contributed by atoms with van der Waals surface area (Å²) in [4.78, 5) is 18.5. The molecule has 2 rings (SSSR count). The highest BCUT2D eigenvalue weighted by Gasteiger charge is 2.08. The van der Waals surface area contributed by atoms with Crippen molar-refractivity contribution in [2.75, 3.05) is 51.3 Å². The second-order valence-corrected chi connectivity index (χ2v) is 6.72. The van der Waals surface area contributed by atoms with E-state index in [1.54, 1.807) is 0 Å². The number of carbonyl (C=O) groups is 1. The Bertz CT molecular complexity index is 559. The van der Waals surface area contributed by atoms with Gasteiger partial charge < -0.3 is 21.1 Å². The molecule has 8 heteroatoms. The van der Waals surface area contributed by atoms with Gasteiger partial charge in [0.1, 0.15) is 0 Å². The molecule has 1 fully saturated rings. The summed E-state index contributed by atoms with van der Waals surface area (Å²) in [7, 11) is 0. The summed E-state index contributed by atoms with van der Waals surface area (Å²) in [6.45, 7) is 5.76. The molecule has 1 aliphatic heterocycles. The Morgan fingerprint density at radius 2 is 2.00 bits per heavy atom. The quantitative estimate of drug-likeness (QED) is 0.341. The lowest BCUT2D eigenvalue weighted by Crippen LogP contribution is -2.37. The summed E-state index contributed by atoms with van der Waals surface area (Å²) < 4.78 is 6.29. The molecule has 0 atom stereocenters. The van der Waals surface area contributed by atoms with Crippen molar-refractivity contribution in [2.24, 2.45) is 10.7 Å². The molecule has 1 aliphatic rings. The van der Waals surface area contributed by atoms with E-state index in [2.05, 4.69) is 36.5 Å². The molecule has 0 unspecified atom stereocenters. The molecule has 1 heterocycles. The lowest BCUT2D eigenvalue weighted by Gasteiger charge is -2.26. The van der Waals surface area contributed by atoms with Crippen LogP contribution in [0, 0.1) is 0 Å². The minimum atomic E-state index is -0.0602. The van der Waals surface area contributed by atoms with Gasteiger partial charge in [-0.1, -0.05) is 15.9 Å². The molecule has 1 aromatic carbocycles. The van der Waals surface area contributed by atoms with Crippen LogP contribution in [0.1, 0.15) is 12.8 Å². The van der Waals surface area contributed by atoms with Crippen LogP contribution in [0.3, 0.4) is 0 Å². The molecule has 1 saturated heterocycles. The molecular weight excluding hydrogens is 386 g/mol. The number of hydrogen-bond donors (Lipinski definition) is 3. The second-order valence-electron chi connectivity index (χ2n) is 5.81. The highest BCUT2D eigenvalue weighted by Crippen LogP contribution is 2.14. The number of amides is 1. The third-order valence-corrected chi connectivity index (χ3v) is 4.33. The van der Waals surface area contributed by atoms with E-state index in [0.29, 0.717) is 25.5 Å². The first-order chi connectivity index (χ1) is 12.1. The van der Waals surface area contributed by atoms with Crippen LogP contribution in [0.15, 0.2) is 33.7 Å². The van der Waals surface area contributed by atoms with Gasteiger partial charge in [-0.05, 0) is 30.7 Å². The highest BCUT2D eigenvalue weighted by molar-refractivity contribution is 9.10. The van der Waals surface area contributed by atoms with E-state index >= 15 is 0 Å². The van der Waals surface area contributed by atoms with E-state index in [0.717, 1.165) is 49.4 Å². The molecular formula is C17H26BrN5O2. The largest absolute Gasteiger partial charge is 0.379 e. The van der Waals surface area contributed by atoms with Crippen LogP contribution in [-0.4, -0.2) is 62.7 Å². The fourth-order valence-electron chi connectivity index (χ4n) is 2.44. The monoisotopic (exact) mass is 411 g/mol. The minimum Gasteiger partial charge on any atom is -0.379 e. The Morgan fingerprint density at radius 1 is 1.28 bits per heavy atom. The number of nitrogens with zero attached hydrogens (tertiary/aromatic N) is 2. The number of aliphatic imine (C=N–C) groups is 1. The van der Waals surface area contributed by atoms with Gasteiger partial charge in [0, 0.05) is 49.3 Å². The number of hydrogen-bond acceptors (Lipinski definition) is 4. The summed E-state index contributed by atoms with van der Waals surface area (Å²) >= 11 is 3.36. The fraction of sp³-hybridized carbons (Fsp3) is 0.529. The van der Waals surface area contributed by atoms with Gasteiger partial charge in [0.15, 0.2) is 5.96 Å². The number of nitrogens with two attached hydrogens (primary N) is 1. The minimum absolute atomic E-state index is 0.0602. The van der Waals surface area contributed by atoms with E-state index in [-0.39, 0.29) is 5.91 Å². The van der Waals surface area contributed by atoms with Crippen LogP contribution in [0.25, 0.3) is 0 Å². The van der Waals surface area contributed by atoms with Gasteiger partial charge in [-0.3, -0.25) is 14.7 Å². The van der Waals surface area contributed by atoms with Gasteiger partial charge in [-0.25, -0.2) is 0 Å². The molecule has 0 aliphatic carbocycles. The van der Waals surface area contributed by atoms with Gasteiger partial charge in [-0.15, -0.1) is 0 Å². The van der Waals surface area contributed by atoms with Gasteiger partial charge >= 0.3 is 0 Å². The number of benzene rings is 1. The van der Waals surface area contributed by atoms with Gasteiger partial charge in [0.2, 0.25) is 5.91 Å². The Kier molecular flexibility index (Phi) is 8.71. The van der Waals surface area contributed by atoms with Crippen LogP contribution in [0.5, 0.6) is 0 Å². The third kappa shape index (κ3) is 8.33. The standard InChI is InChI=1S/C17H26BrN5O2/c18-14-2-4-15(5-3-14)22-16(24)6-8-21-17(19)20-7-1-9-23-10-12-25-13-11-23/h2-5H,1,6-13H2,(H,22,24)(H3,19,20,21). The average Bonchev–Trinajstić information content (AvgIpc) is 2.62. The molecule has 0 radical (unpaired) electrons. The summed E-state index contributed by atoms with van der Waals surface area (Å²) in [6.07, 6.45) is 1.30. The van der Waals surface area contributed by atoms with Crippen LogP contribution >= 0.6 is 15.9 Å². The lowest BCUT2D eigenvalue weighted by molar-refractivity contribution is -0.116. The Balaban J connectivity index is 1.55. The molecule has 0 spiro atoms. The maximum Gasteiger partial charge on any atom is 0.226 e. The zero-order valence-electron chi connectivity index (χ0n) is 14.3. The molecule has 4 N–H and O–H groups in total. The summed E-state index contributed by atoms with van der Waals surface area (Å²) in [5.41, 5.74) is 6.59. The smallest absolute Gasteiger partial charge is 0.226 e. The van der Waals surface area contributed by atoms with Gasteiger partial charge in [0.05, 0.1) is 13.2 Å². The molecule has 1 aromatic rings. The van der Waals surface area contributed by atoms with Crippen molar-refractivity contribution >= 4 is 33.5 Å². The van der Waals surface area contributed by atoms with E-state index in [1.807, 2.05) is 24.3 Å². The summed E-state index contributed by atoms with van der Waals surface area (Å²) in [5.74, 6) is 0.327. The van der Waals surface area contributed by atoms with Crippen LogP contribution in [0.4, 0.5) is 5.69 Å². The number of guanidine groups is 1. The first-order valence-corrected chi connectivity index (χ1v) is 9.32. The van der Waals surface area contributed by atoms with Gasteiger partial charge in [0.25, 0.3) is 0 Å². The number of rotatable bonds is 8. The van der Waals surface area contributed by atoms with Crippen molar-refractivity contribution in [2.45, 2.75) is 12.8 Å². The van der Waals surface area contributed by atoms with Crippen LogP contribution in [0.2, 0.25) is 0 Å². The van der Waals surface area contributed by atoms with Crippen molar-refractivity contribution in [3.8, 4) is 0 Å². The maximum atomic E-state index is 11.9. The molecule has 0 aromatic heterocycles. The first-order valence-electron chi connectivity index (χ1n) is 8.53. The van der Waals surface area contributed by atoms with Crippen LogP contribution < -0.4 is 16.4 Å². The summed E-state index contributed by atoms with van der Waals surface area (Å²) in [6, 6.07) is 7.46. The lowest BCUT2D eigenvalue weighted by atomic mass is 10.3. The van der Waals surface area contributed by atoms with Crippen molar-refractivity contribution in [3.05, 3.63) is 28.7 Å². The number of carbonyl (C=O) groups excluding carboxylic acids is 1. The Labute approximate surface area is 157 Å². The topological polar surface area (TPSA) is 92.0 Å².